The van der Waals surface area contributed by atoms with Crippen molar-refractivity contribution in [3.8, 4) is 17.2 Å². The fourth-order valence-electron chi connectivity index (χ4n) is 19.3. The van der Waals surface area contributed by atoms with Crippen LogP contribution < -0.4 is 19.4 Å². The molecule has 0 radical (unpaired) electrons. The molecule has 3 aliphatic rings. The number of ether oxygens (including phenoxy) is 1. The van der Waals surface area contributed by atoms with Crippen LogP contribution in [-0.4, -0.2) is 53.4 Å². The van der Waals surface area contributed by atoms with E-state index in [1.165, 1.54) is 164 Å². The van der Waals surface area contributed by atoms with Crippen molar-refractivity contribution < 1.29 is 9.15 Å². The van der Waals surface area contributed by atoms with Crippen molar-refractivity contribution in [2.45, 2.75) is 29.1 Å². The summed E-state index contributed by atoms with van der Waals surface area (Å²) in [5, 5.41) is 12.8. The second-order valence-electron chi connectivity index (χ2n) is 32.9. The predicted molar refractivity (Wildman–Crippen MR) is 531 cm³/mol. The molecular formula is C113H92N10O2S. The van der Waals surface area contributed by atoms with Gasteiger partial charge in [0.25, 0.3) is 0 Å². The topological polar surface area (TPSA) is 74.0 Å². The van der Waals surface area contributed by atoms with Gasteiger partial charge < -0.3 is 46.7 Å². The van der Waals surface area contributed by atoms with Gasteiger partial charge in [-0.05, 0) is 151 Å². The molecule has 27 rings (SSSR count). The summed E-state index contributed by atoms with van der Waals surface area (Å²) < 4.78 is 25.5. The number of benzene rings is 17. The highest BCUT2D eigenvalue weighted by Gasteiger charge is 2.35. The second-order valence-corrected chi connectivity index (χ2v) is 34.0. The summed E-state index contributed by atoms with van der Waals surface area (Å²) in [5.74, 6) is 2.82. The summed E-state index contributed by atoms with van der Waals surface area (Å²) in [5.41, 5.74) is 28.2. The Kier molecular flexibility index (Phi) is 19.8. The van der Waals surface area contributed by atoms with E-state index in [1.807, 2.05) is 66.4 Å². The number of fused-ring (bicyclic) bond motifs is 28. The quantitative estimate of drug-likeness (QED) is 0.162. The molecule has 17 aromatic carbocycles. The van der Waals surface area contributed by atoms with Gasteiger partial charge in [-0.15, -0.1) is 0 Å². The molecule has 0 amide bonds. The van der Waals surface area contributed by atoms with Gasteiger partial charge in [-0.25, -0.2) is 4.98 Å². The smallest absolute Gasteiger partial charge is 0.215 e. The number of hydrogen-bond acceptors (Lipinski definition) is 7. The number of aryl methyl sites for hydroxylation is 4. The molecule has 0 spiro atoms. The second kappa shape index (κ2) is 32.1. The fourth-order valence-corrected chi connectivity index (χ4v) is 20.4. The molecule has 0 aliphatic carbocycles. The minimum atomic E-state index is 0.0830. The zero-order valence-electron chi connectivity index (χ0n) is 71.7. The van der Waals surface area contributed by atoms with Crippen molar-refractivity contribution in [1.29, 1.82) is 0 Å². The van der Waals surface area contributed by atoms with E-state index in [1.54, 1.807) is 0 Å². The third kappa shape index (κ3) is 13.2. The summed E-state index contributed by atoms with van der Waals surface area (Å²) in [6.07, 6.45) is 0. The predicted octanol–water partition coefficient (Wildman–Crippen LogP) is 29.5. The number of para-hydroxylation sites is 19. The van der Waals surface area contributed by atoms with Crippen LogP contribution in [0, 0.1) is 0 Å². The van der Waals surface area contributed by atoms with Crippen molar-refractivity contribution in [1.82, 2.24) is 32.2 Å². The van der Waals surface area contributed by atoms with Gasteiger partial charge >= 0.3 is 0 Å². The maximum atomic E-state index is 6.16. The maximum Gasteiger partial charge on any atom is 0.215 e. The zero-order valence-corrected chi connectivity index (χ0v) is 72.5. The Morgan fingerprint density at radius 3 is 1.18 bits per heavy atom. The van der Waals surface area contributed by atoms with E-state index in [2.05, 4.69) is 450 Å². The summed E-state index contributed by atoms with van der Waals surface area (Å²) in [6, 6.07) is 138. The molecule has 126 heavy (non-hydrogen) atoms. The molecule has 3 aliphatic heterocycles. The van der Waals surface area contributed by atoms with Gasteiger partial charge in [-0.2, -0.15) is 0 Å². The molecule has 13 heteroatoms. The van der Waals surface area contributed by atoms with Crippen molar-refractivity contribution in [3.63, 3.8) is 0 Å². The largest absolute Gasteiger partial charge is 0.454 e. The van der Waals surface area contributed by atoms with E-state index in [0.717, 1.165) is 45.3 Å². The maximum absolute atomic E-state index is 6.16. The van der Waals surface area contributed by atoms with Gasteiger partial charge in [0, 0.05) is 158 Å². The van der Waals surface area contributed by atoms with Crippen molar-refractivity contribution >= 4 is 183 Å². The van der Waals surface area contributed by atoms with Crippen molar-refractivity contribution in [2.24, 2.45) is 28.2 Å². The van der Waals surface area contributed by atoms with E-state index in [9.17, 15) is 0 Å². The lowest BCUT2D eigenvalue weighted by Crippen LogP contribution is -2.30. The summed E-state index contributed by atoms with van der Waals surface area (Å²) in [4.78, 5) is 14.0. The summed E-state index contributed by atoms with van der Waals surface area (Å²) in [6.45, 7) is 4.61. The number of furan rings is 1. The molecular weight excluding hydrogens is 1560 g/mol. The number of imidazole rings is 2. The van der Waals surface area contributed by atoms with E-state index in [-0.39, 0.29) is 5.41 Å². The number of hydrogen-bond donors (Lipinski definition) is 0. The van der Waals surface area contributed by atoms with Crippen molar-refractivity contribution in [3.05, 3.63) is 405 Å². The van der Waals surface area contributed by atoms with E-state index in [4.69, 9.17) is 9.15 Å². The van der Waals surface area contributed by atoms with Gasteiger partial charge in [0.05, 0.1) is 66.9 Å². The molecule has 0 unspecified atom stereocenters. The van der Waals surface area contributed by atoms with Gasteiger partial charge in [-0.3, -0.25) is 4.40 Å². The first kappa shape index (κ1) is 77.9. The van der Waals surface area contributed by atoms with Crippen LogP contribution in [-0.2, 0) is 33.6 Å². The summed E-state index contributed by atoms with van der Waals surface area (Å²) in [7, 11) is 14.8. The SMILES string of the molecule is CN1c2ccccc2C(C)(C)c2ccccc21.CN1c2ccccc2Oc2ccccc21.CN1c2ccccc2Sc2ccccc21.Cn1c2ccccc2c2ccc3c4ccccc4n(-c4ccccc4)c3c21.Cn1c2ccccc2c2ccc3c4ccccc4oc3c21.Cn1c2ccccc2c2ccccc21.Cn1c2ccccc2n2c3ccccc3nc12. The number of anilines is 6. The Hall–Kier alpha value is -15.4. The van der Waals surface area contributed by atoms with Crippen LogP contribution in [0.5, 0.6) is 11.5 Å². The monoisotopic (exact) mass is 1650 g/mol. The van der Waals surface area contributed by atoms with E-state index in [0.29, 0.717) is 0 Å². The highest BCUT2D eigenvalue weighted by molar-refractivity contribution is 7.99. The van der Waals surface area contributed by atoms with Crippen molar-refractivity contribution in [2.75, 3.05) is 35.8 Å². The summed E-state index contributed by atoms with van der Waals surface area (Å²) >= 11 is 1.84. The fraction of sp³-hybridized carbons (Fsp3) is 0.0885. The van der Waals surface area contributed by atoms with Gasteiger partial charge in [0.2, 0.25) is 5.78 Å². The molecule has 0 saturated heterocycles. The number of nitrogens with zero attached hydrogens (tertiary/aromatic N) is 10. The lowest BCUT2D eigenvalue weighted by Gasteiger charge is -2.40. The Bertz CT molecular complexity index is 8010. The van der Waals surface area contributed by atoms with Crippen LogP contribution in [0.2, 0.25) is 0 Å². The first-order chi connectivity index (χ1) is 61.8. The molecule has 0 bridgehead atoms. The van der Waals surface area contributed by atoms with Gasteiger partial charge in [0.15, 0.2) is 17.1 Å². The van der Waals surface area contributed by atoms with Crippen LogP contribution in [0.15, 0.2) is 409 Å². The first-order valence-corrected chi connectivity index (χ1v) is 43.7. The standard InChI is InChI=1S/C25H18N2.C19H13NO.C16H17N.C14H11N3.C13H11NO.C13H11NS.C13H11N/c1-26-22-13-7-5-11-18(22)20-15-16-21-19-12-6-8-14-23(19)27(25(21)24(20)26)17-9-3-2-4-10-17;1-20-16-8-4-2-6-12(16)14-10-11-15-13-7-3-5-9-17(13)21-19(15)18(14)20;1-16(2)12-8-4-6-10-14(12)17(3)15-11-7-5-9-13(15)16;1-16-12-8-4-5-9-13(12)17-11-7-3-2-6-10(11)15-14(16)17;2*1-14-10-6-2-4-8-12(10)15-13-9-5-3-7-11(13)14;1-14-12-8-4-2-6-10(12)11-7-3-5-9-13(11)14/h2-16H,1H3;2-11H,1H3;4-11H,1-3H3;2-9H,1H3;2*2-9H,1H3;2-9H,1H3. The molecule has 0 saturated carbocycles. The lowest BCUT2D eigenvalue weighted by atomic mass is 9.74. The number of aromatic nitrogens is 7. The van der Waals surface area contributed by atoms with Crippen LogP contribution in [0.25, 0.3) is 143 Å². The Morgan fingerprint density at radius 1 is 0.262 bits per heavy atom. The first-order valence-electron chi connectivity index (χ1n) is 42.8. The molecule has 7 aromatic heterocycles. The highest BCUT2D eigenvalue weighted by atomic mass is 32.2. The van der Waals surface area contributed by atoms with Crippen LogP contribution in [0.3, 0.4) is 0 Å². The molecule has 0 N–H and O–H groups in total. The molecule has 24 aromatic rings. The third-order valence-electron chi connectivity index (χ3n) is 25.5. The number of rotatable bonds is 1. The van der Waals surface area contributed by atoms with Crippen LogP contribution in [0.4, 0.5) is 34.1 Å². The Labute approximate surface area is 735 Å². The Balaban J connectivity index is 0.0000000908. The molecule has 0 fully saturated rings. The average molecular weight is 1650 g/mol. The lowest BCUT2D eigenvalue weighted by molar-refractivity contribution is 0.475. The average Bonchev–Trinajstić information content (AvgIpc) is 1.52. The van der Waals surface area contributed by atoms with Gasteiger partial charge in [-0.1, -0.05) is 280 Å². The van der Waals surface area contributed by atoms with E-state index < -0.39 is 0 Å². The van der Waals surface area contributed by atoms with Crippen LogP contribution >= 0.6 is 11.8 Å². The molecule has 0 atom stereocenters. The molecule has 12 nitrogen and oxygen atoms in total. The Morgan fingerprint density at radius 2 is 0.627 bits per heavy atom. The minimum Gasteiger partial charge on any atom is -0.454 e. The normalized spacial score (nSPS) is 12.7. The molecule has 612 valence electrons. The highest BCUT2D eigenvalue weighted by Crippen LogP contribution is 2.51. The zero-order chi connectivity index (χ0) is 85.4. The van der Waals surface area contributed by atoms with Gasteiger partial charge in [0.1, 0.15) is 5.58 Å². The molecule has 10 heterocycles. The van der Waals surface area contributed by atoms with E-state index >= 15 is 0 Å². The third-order valence-corrected chi connectivity index (χ3v) is 26.6. The van der Waals surface area contributed by atoms with Crippen LogP contribution in [0.1, 0.15) is 25.0 Å². The minimum absolute atomic E-state index is 0.0830.